The molecule has 4 rings (SSSR count). The molecule has 1 amide bonds. The maximum atomic E-state index is 12.0. The Morgan fingerprint density at radius 3 is 2.76 bits per heavy atom. The smallest absolute Gasteiger partial charge is 0.411 e. The highest BCUT2D eigenvalue weighted by molar-refractivity contribution is 5.84. The van der Waals surface area contributed by atoms with Crippen molar-refractivity contribution in [3.63, 3.8) is 0 Å². The van der Waals surface area contributed by atoms with Crippen molar-refractivity contribution < 1.29 is 14.3 Å². The summed E-state index contributed by atoms with van der Waals surface area (Å²) in [6, 6.07) is 19.0. The average Bonchev–Trinajstić information content (AvgIpc) is 2.85. The largest absolute Gasteiger partial charge is 0.449 e. The number of carbonyl (C=O) groups is 1. The van der Waals surface area contributed by atoms with Gasteiger partial charge in [-0.3, -0.25) is 10.4 Å². The molecule has 3 aromatic rings. The molecule has 1 aliphatic heterocycles. The van der Waals surface area contributed by atoms with Gasteiger partial charge < -0.3 is 24.8 Å². The molecule has 1 aromatic heterocycles. The fourth-order valence-corrected chi connectivity index (χ4v) is 3.40. The quantitative estimate of drug-likeness (QED) is 0.394. The number of ether oxygens (including phenoxy) is 2. The summed E-state index contributed by atoms with van der Waals surface area (Å²) in [7, 11) is 0. The molecule has 0 unspecified atom stereocenters. The molecule has 9 nitrogen and oxygen atoms in total. The number of aromatic nitrogens is 2. The molecule has 0 spiro atoms. The lowest BCUT2D eigenvalue weighted by Gasteiger charge is -2.29. The van der Waals surface area contributed by atoms with Crippen LogP contribution >= 0.6 is 0 Å². The molecule has 34 heavy (non-hydrogen) atoms. The van der Waals surface area contributed by atoms with Crippen LogP contribution in [0.4, 0.5) is 22.1 Å². The number of para-hydroxylation sites is 1. The highest BCUT2D eigenvalue weighted by atomic mass is 16.5. The first-order chi connectivity index (χ1) is 16.7. The highest BCUT2D eigenvalue weighted by Gasteiger charge is 2.13. The van der Waals surface area contributed by atoms with E-state index in [2.05, 4.69) is 30.7 Å². The Kier molecular flexibility index (Phi) is 8.02. The molecule has 176 valence electrons. The summed E-state index contributed by atoms with van der Waals surface area (Å²) in [5.74, 6) is 1.73. The fraction of sp³-hybridized carbons (Fsp3) is 0.280. The van der Waals surface area contributed by atoms with Crippen LogP contribution in [0.15, 0.2) is 65.8 Å². The Hall–Kier alpha value is -3.98. The Morgan fingerprint density at radius 1 is 1.15 bits per heavy atom. The predicted octanol–water partition coefficient (Wildman–Crippen LogP) is 4.45. The molecule has 2 aromatic carbocycles. The summed E-state index contributed by atoms with van der Waals surface area (Å²) in [5.41, 5.74) is 7.07. The minimum absolute atomic E-state index is 0.136. The number of nitrogens with zero attached hydrogens (tertiary/aromatic N) is 5. The number of carbonyl (C=O) groups excluding carboxylic acids is 1. The van der Waals surface area contributed by atoms with Gasteiger partial charge in [0, 0.05) is 37.2 Å². The van der Waals surface area contributed by atoms with E-state index in [9.17, 15) is 4.79 Å². The molecule has 1 fully saturated rings. The SMILES string of the molecule is Cc1cccc(/C=N/[N-]c2cc(N3CCOCC3)nc(CCOC(=O)Nc3ccccc3)n2)c1. The van der Waals surface area contributed by atoms with Crippen molar-refractivity contribution in [3.05, 3.63) is 83.0 Å². The number of aryl methyl sites for hydroxylation is 1. The van der Waals surface area contributed by atoms with E-state index in [1.807, 2.05) is 55.5 Å². The van der Waals surface area contributed by atoms with E-state index >= 15 is 0 Å². The number of amides is 1. The third-order valence-corrected chi connectivity index (χ3v) is 5.07. The van der Waals surface area contributed by atoms with Gasteiger partial charge in [0.05, 0.1) is 19.8 Å². The number of morpholine rings is 1. The fourth-order valence-electron chi connectivity index (χ4n) is 3.40. The van der Waals surface area contributed by atoms with E-state index < -0.39 is 6.09 Å². The van der Waals surface area contributed by atoms with E-state index in [1.54, 1.807) is 18.3 Å². The Bertz CT molecular complexity index is 1120. The third kappa shape index (κ3) is 7.01. The van der Waals surface area contributed by atoms with E-state index in [1.165, 1.54) is 0 Å². The van der Waals surface area contributed by atoms with Gasteiger partial charge in [0.1, 0.15) is 5.82 Å². The van der Waals surface area contributed by atoms with Crippen molar-refractivity contribution in [2.45, 2.75) is 13.3 Å². The molecule has 0 bridgehead atoms. The zero-order chi connectivity index (χ0) is 23.6. The second-order valence-electron chi connectivity index (χ2n) is 7.74. The van der Waals surface area contributed by atoms with Gasteiger partial charge in [-0.05, 0) is 36.5 Å². The maximum Gasteiger partial charge on any atom is 0.411 e. The number of benzene rings is 2. The van der Waals surface area contributed by atoms with E-state index in [4.69, 9.17) is 9.47 Å². The van der Waals surface area contributed by atoms with E-state index in [0.717, 1.165) is 30.0 Å². The number of nitrogens with one attached hydrogen (secondary N) is 1. The summed E-state index contributed by atoms with van der Waals surface area (Å²) < 4.78 is 10.8. The summed E-state index contributed by atoms with van der Waals surface area (Å²) in [4.78, 5) is 23.3. The lowest BCUT2D eigenvalue weighted by atomic mass is 10.2. The minimum Gasteiger partial charge on any atom is -0.449 e. The first-order valence-corrected chi connectivity index (χ1v) is 11.2. The standard InChI is InChI=1S/C25H28N6O3/c1-19-6-5-7-20(16-19)18-26-30-23-17-24(31-11-14-33-15-12-31)29-22(28-23)10-13-34-25(32)27-21-8-3-2-4-9-21/h2-9,16-18H,10-15H2,1H3,(H2,27,28,29,30,32)/p-1/b26-18+. The first-order valence-electron chi connectivity index (χ1n) is 11.2. The molecule has 1 aliphatic rings. The van der Waals surface area contributed by atoms with Gasteiger partial charge in [0.25, 0.3) is 0 Å². The van der Waals surface area contributed by atoms with Crippen LogP contribution in [-0.4, -0.2) is 55.2 Å². The average molecular weight is 460 g/mol. The van der Waals surface area contributed by atoms with Crippen molar-refractivity contribution in [2.24, 2.45) is 5.10 Å². The Labute approximate surface area is 198 Å². The van der Waals surface area contributed by atoms with E-state index in [-0.39, 0.29) is 6.61 Å². The monoisotopic (exact) mass is 459 g/mol. The zero-order valence-electron chi connectivity index (χ0n) is 19.1. The van der Waals surface area contributed by atoms with Gasteiger partial charge in [-0.1, -0.05) is 48.0 Å². The van der Waals surface area contributed by atoms with Gasteiger partial charge in [0.15, 0.2) is 0 Å². The van der Waals surface area contributed by atoms with Crippen LogP contribution in [0.5, 0.6) is 0 Å². The summed E-state index contributed by atoms with van der Waals surface area (Å²) in [6.45, 7) is 4.91. The van der Waals surface area contributed by atoms with Gasteiger partial charge in [-0.2, -0.15) is 0 Å². The third-order valence-electron chi connectivity index (χ3n) is 5.07. The first kappa shape index (κ1) is 23.2. The van der Waals surface area contributed by atoms with Gasteiger partial charge in [-0.25, -0.2) is 9.78 Å². The lowest BCUT2D eigenvalue weighted by Crippen LogP contribution is -2.37. The molecule has 0 radical (unpaired) electrons. The Morgan fingerprint density at radius 2 is 1.97 bits per heavy atom. The number of hydrogen-bond acceptors (Lipinski definition) is 7. The van der Waals surface area contributed by atoms with Crippen LogP contribution in [0.25, 0.3) is 5.43 Å². The molecule has 1 N–H and O–H groups in total. The molecule has 0 atom stereocenters. The Balaban J connectivity index is 1.40. The van der Waals surface area contributed by atoms with Crippen LogP contribution in [0.2, 0.25) is 0 Å². The lowest BCUT2D eigenvalue weighted by molar-refractivity contribution is 0.122. The van der Waals surface area contributed by atoms with Crippen LogP contribution in [0, 0.1) is 6.92 Å². The van der Waals surface area contributed by atoms with Gasteiger partial charge >= 0.3 is 6.09 Å². The van der Waals surface area contributed by atoms with E-state index in [0.29, 0.717) is 37.0 Å². The van der Waals surface area contributed by atoms with Crippen LogP contribution < -0.4 is 10.2 Å². The van der Waals surface area contributed by atoms with Crippen molar-refractivity contribution in [1.82, 2.24) is 9.97 Å². The number of rotatable bonds is 8. The molecule has 9 heteroatoms. The van der Waals surface area contributed by atoms with Crippen molar-refractivity contribution >= 4 is 29.6 Å². The van der Waals surface area contributed by atoms with Gasteiger partial charge in [0.2, 0.25) is 0 Å². The molecular weight excluding hydrogens is 432 g/mol. The molecular formula is C25H27N6O3-. The summed E-state index contributed by atoms with van der Waals surface area (Å²) in [6.07, 6.45) is 1.52. The van der Waals surface area contributed by atoms with Crippen molar-refractivity contribution in [2.75, 3.05) is 43.1 Å². The van der Waals surface area contributed by atoms with Gasteiger partial charge in [-0.15, -0.1) is 0 Å². The van der Waals surface area contributed by atoms with Crippen LogP contribution in [0.3, 0.4) is 0 Å². The second-order valence-corrected chi connectivity index (χ2v) is 7.74. The summed E-state index contributed by atoms with van der Waals surface area (Å²) >= 11 is 0. The summed E-state index contributed by atoms with van der Waals surface area (Å²) in [5, 5.41) is 6.90. The van der Waals surface area contributed by atoms with Crippen molar-refractivity contribution in [3.8, 4) is 0 Å². The topological polar surface area (TPSA) is 103 Å². The maximum absolute atomic E-state index is 12.0. The minimum atomic E-state index is -0.525. The number of hydrogen-bond donors (Lipinski definition) is 1. The van der Waals surface area contributed by atoms with Crippen LogP contribution in [0.1, 0.15) is 17.0 Å². The van der Waals surface area contributed by atoms with Crippen LogP contribution in [-0.2, 0) is 15.9 Å². The molecule has 0 saturated carbocycles. The number of anilines is 2. The molecule has 2 heterocycles. The molecule has 1 saturated heterocycles. The van der Waals surface area contributed by atoms with Crippen molar-refractivity contribution in [1.29, 1.82) is 0 Å². The highest BCUT2D eigenvalue weighted by Crippen LogP contribution is 2.23. The second kappa shape index (κ2) is 11.8. The molecule has 0 aliphatic carbocycles. The normalized spacial score (nSPS) is 13.6. The zero-order valence-corrected chi connectivity index (χ0v) is 19.1. The predicted molar refractivity (Wildman–Crippen MR) is 132 cm³/mol.